The molecule has 2 atom stereocenters. The number of hydrogen-bond donors (Lipinski definition) is 3. The lowest BCUT2D eigenvalue weighted by Gasteiger charge is -2.29. The average molecular weight is 382 g/mol. The Morgan fingerprint density at radius 2 is 1.96 bits per heavy atom. The number of benzene rings is 1. The second-order valence-electron chi connectivity index (χ2n) is 7.82. The molecule has 2 aromatic rings. The Labute approximate surface area is 164 Å². The maximum absolute atomic E-state index is 12.9. The molecule has 1 amide bonds. The number of aromatic nitrogens is 2. The van der Waals surface area contributed by atoms with Crippen molar-refractivity contribution in [1.29, 1.82) is 0 Å². The largest absolute Gasteiger partial charge is 0.481 e. The quantitative estimate of drug-likeness (QED) is 0.652. The first kappa shape index (κ1) is 18.7. The highest BCUT2D eigenvalue weighted by atomic mass is 16.4. The third-order valence-electron chi connectivity index (χ3n) is 5.77. The highest BCUT2D eigenvalue weighted by molar-refractivity contribution is 6.00. The highest BCUT2D eigenvalue weighted by Crippen LogP contribution is 2.35. The third-order valence-corrected chi connectivity index (χ3v) is 5.77. The number of carboxylic acids is 1. The van der Waals surface area contributed by atoms with Gasteiger partial charge < -0.3 is 15.4 Å². The molecule has 4 rings (SSSR count). The minimum Gasteiger partial charge on any atom is -0.481 e. The van der Waals surface area contributed by atoms with Gasteiger partial charge in [-0.3, -0.25) is 14.5 Å². The molecule has 7 nitrogen and oxygen atoms in total. The molecule has 2 heterocycles. The number of H-pyrrole nitrogens is 1. The molecule has 1 aromatic carbocycles. The fraction of sp³-hybridized carbons (Fsp3) is 0.476. The van der Waals surface area contributed by atoms with E-state index in [2.05, 4.69) is 20.2 Å². The molecular formula is C21H26N4O3. The Kier molecular flexibility index (Phi) is 5.43. The number of nitrogens with zero attached hydrogens (tertiary/aromatic N) is 2. The summed E-state index contributed by atoms with van der Waals surface area (Å²) in [7, 11) is 0. The van der Waals surface area contributed by atoms with Crippen LogP contribution in [0.3, 0.4) is 0 Å². The van der Waals surface area contributed by atoms with Crippen LogP contribution in [0, 0.1) is 5.92 Å². The van der Waals surface area contributed by atoms with E-state index in [0.29, 0.717) is 23.9 Å². The van der Waals surface area contributed by atoms with Crippen molar-refractivity contribution in [2.24, 2.45) is 5.92 Å². The first-order chi connectivity index (χ1) is 13.6. The molecular weight excluding hydrogens is 356 g/mol. The Bertz CT molecular complexity index is 832. The maximum atomic E-state index is 12.9. The van der Waals surface area contributed by atoms with Crippen LogP contribution in [0.25, 0.3) is 11.4 Å². The van der Waals surface area contributed by atoms with E-state index in [9.17, 15) is 14.7 Å². The summed E-state index contributed by atoms with van der Waals surface area (Å²) in [4.78, 5) is 33.7. The summed E-state index contributed by atoms with van der Waals surface area (Å²) in [6.07, 6.45) is 7.84. The van der Waals surface area contributed by atoms with Crippen LogP contribution < -0.4 is 5.32 Å². The molecule has 1 saturated heterocycles. The van der Waals surface area contributed by atoms with Crippen LogP contribution in [0.2, 0.25) is 0 Å². The van der Waals surface area contributed by atoms with E-state index < -0.39 is 5.97 Å². The number of rotatable bonds is 8. The summed E-state index contributed by atoms with van der Waals surface area (Å²) >= 11 is 0. The first-order valence-electron chi connectivity index (χ1n) is 9.96. The van der Waals surface area contributed by atoms with Gasteiger partial charge in [-0.2, -0.15) is 0 Å². The number of aromatic amines is 1. The van der Waals surface area contributed by atoms with Crippen molar-refractivity contribution >= 4 is 11.9 Å². The molecule has 0 bridgehead atoms. The van der Waals surface area contributed by atoms with E-state index >= 15 is 0 Å². The topological polar surface area (TPSA) is 98.3 Å². The van der Waals surface area contributed by atoms with Crippen LogP contribution in [0.15, 0.2) is 36.7 Å². The van der Waals surface area contributed by atoms with Gasteiger partial charge in [0.05, 0.1) is 12.0 Å². The molecule has 0 spiro atoms. The summed E-state index contributed by atoms with van der Waals surface area (Å²) in [5.41, 5.74) is 1.36. The predicted octanol–water partition coefficient (Wildman–Crippen LogP) is 2.52. The summed E-state index contributed by atoms with van der Waals surface area (Å²) < 4.78 is 0. The Balaban J connectivity index is 1.42. The van der Waals surface area contributed by atoms with E-state index in [1.54, 1.807) is 18.5 Å². The fourth-order valence-corrected chi connectivity index (χ4v) is 4.16. The van der Waals surface area contributed by atoms with Gasteiger partial charge in [0.1, 0.15) is 5.82 Å². The maximum Gasteiger partial charge on any atom is 0.304 e. The number of nitrogens with one attached hydrogen (secondary N) is 2. The zero-order valence-electron chi connectivity index (χ0n) is 15.8. The molecule has 1 aliphatic carbocycles. The van der Waals surface area contributed by atoms with Crippen molar-refractivity contribution in [3.8, 4) is 11.4 Å². The molecule has 2 fully saturated rings. The number of aliphatic carboxylic acids is 1. The van der Waals surface area contributed by atoms with E-state index in [1.807, 2.05) is 18.2 Å². The summed E-state index contributed by atoms with van der Waals surface area (Å²) in [5.74, 6) is 0.485. The second-order valence-corrected chi connectivity index (χ2v) is 7.82. The number of imidazole rings is 1. The summed E-state index contributed by atoms with van der Waals surface area (Å²) in [6.45, 7) is 1.48. The normalized spacial score (nSPS) is 22.3. The lowest BCUT2D eigenvalue weighted by molar-refractivity contribution is -0.138. The van der Waals surface area contributed by atoms with Crippen LogP contribution >= 0.6 is 0 Å². The number of amides is 1. The molecule has 28 heavy (non-hydrogen) atoms. The SMILES string of the molecule is O=C(O)C[C@H]1CC[C@@H](CNC(=O)c2ccccc2-c2ncc[nH]2)N1CC1CC1. The Hall–Kier alpha value is -2.67. The van der Waals surface area contributed by atoms with Crippen molar-refractivity contribution < 1.29 is 14.7 Å². The molecule has 0 radical (unpaired) electrons. The van der Waals surface area contributed by atoms with Gasteiger partial charge in [-0.25, -0.2) is 4.98 Å². The average Bonchev–Trinajstić information content (AvgIpc) is 3.19. The summed E-state index contributed by atoms with van der Waals surface area (Å²) in [6, 6.07) is 7.70. The van der Waals surface area contributed by atoms with Crippen LogP contribution in [-0.2, 0) is 4.79 Å². The minimum atomic E-state index is -0.747. The number of carbonyl (C=O) groups is 2. The lowest BCUT2D eigenvalue weighted by Crippen LogP contribution is -2.44. The molecule has 1 saturated carbocycles. The first-order valence-corrected chi connectivity index (χ1v) is 9.96. The monoisotopic (exact) mass is 382 g/mol. The van der Waals surface area contributed by atoms with E-state index in [1.165, 1.54) is 12.8 Å². The number of hydrogen-bond acceptors (Lipinski definition) is 4. The van der Waals surface area contributed by atoms with Crippen LogP contribution in [0.1, 0.15) is 42.5 Å². The standard InChI is InChI=1S/C21H26N4O3/c26-19(27)11-15-7-8-16(25(15)13-14-5-6-14)12-24-21(28)18-4-2-1-3-17(18)20-22-9-10-23-20/h1-4,9-10,14-16H,5-8,11-13H2,(H,22,23)(H,24,28)(H,26,27)/t15-,16+/m1/s1. The Morgan fingerprint density at radius 1 is 1.18 bits per heavy atom. The number of carboxylic acid groups (broad SMARTS) is 1. The van der Waals surface area contributed by atoms with Gasteiger partial charge in [0.15, 0.2) is 0 Å². The summed E-state index contributed by atoms with van der Waals surface area (Å²) in [5, 5.41) is 12.3. The minimum absolute atomic E-state index is 0.0791. The number of carbonyl (C=O) groups excluding carboxylic acids is 1. The molecule has 7 heteroatoms. The van der Waals surface area contributed by atoms with E-state index in [4.69, 9.17) is 0 Å². The molecule has 148 valence electrons. The van der Waals surface area contributed by atoms with Gasteiger partial charge in [-0.1, -0.05) is 18.2 Å². The van der Waals surface area contributed by atoms with E-state index in [-0.39, 0.29) is 24.4 Å². The molecule has 0 unspecified atom stereocenters. The Morgan fingerprint density at radius 3 is 2.68 bits per heavy atom. The van der Waals surface area contributed by atoms with Crippen molar-refractivity contribution in [3.05, 3.63) is 42.2 Å². The third kappa shape index (κ3) is 4.25. The van der Waals surface area contributed by atoms with Crippen LogP contribution in [0.5, 0.6) is 0 Å². The van der Waals surface area contributed by atoms with Gasteiger partial charge >= 0.3 is 5.97 Å². The van der Waals surface area contributed by atoms with Crippen molar-refractivity contribution in [2.75, 3.05) is 13.1 Å². The highest BCUT2D eigenvalue weighted by Gasteiger charge is 2.38. The predicted molar refractivity (Wildman–Crippen MR) is 105 cm³/mol. The molecule has 1 aromatic heterocycles. The zero-order valence-corrected chi connectivity index (χ0v) is 15.8. The van der Waals surface area contributed by atoms with E-state index in [0.717, 1.165) is 24.9 Å². The van der Waals surface area contributed by atoms with Crippen LogP contribution in [0.4, 0.5) is 0 Å². The molecule has 3 N–H and O–H groups in total. The van der Waals surface area contributed by atoms with Gasteiger partial charge in [0, 0.05) is 43.1 Å². The lowest BCUT2D eigenvalue weighted by atomic mass is 10.1. The van der Waals surface area contributed by atoms with Crippen LogP contribution in [-0.4, -0.2) is 57.0 Å². The zero-order chi connectivity index (χ0) is 19.5. The smallest absolute Gasteiger partial charge is 0.304 e. The molecule has 2 aliphatic rings. The molecule has 1 aliphatic heterocycles. The van der Waals surface area contributed by atoms with Gasteiger partial charge in [-0.05, 0) is 37.7 Å². The van der Waals surface area contributed by atoms with Crippen molar-refractivity contribution in [3.63, 3.8) is 0 Å². The van der Waals surface area contributed by atoms with Gasteiger partial charge in [-0.15, -0.1) is 0 Å². The van der Waals surface area contributed by atoms with Crippen molar-refractivity contribution in [1.82, 2.24) is 20.2 Å². The number of likely N-dealkylation sites (tertiary alicyclic amines) is 1. The van der Waals surface area contributed by atoms with Gasteiger partial charge in [0.25, 0.3) is 5.91 Å². The van der Waals surface area contributed by atoms with Crippen molar-refractivity contribution in [2.45, 2.75) is 44.2 Å². The second kappa shape index (κ2) is 8.14. The fourth-order valence-electron chi connectivity index (χ4n) is 4.16. The van der Waals surface area contributed by atoms with Gasteiger partial charge in [0.2, 0.25) is 0 Å².